The van der Waals surface area contributed by atoms with Gasteiger partial charge in [0.2, 0.25) is 0 Å². The summed E-state index contributed by atoms with van der Waals surface area (Å²) in [5.74, 6) is 1.69. The zero-order chi connectivity index (χ0) is 19.8. The summed E-state index contributed by atoms with van der Waals surface area (Å²) < 4.78 is 8.66. The first-order valence-corrected chi connectivity index (χ1v) is 8.86. The van der Waals surface area contributed by atoms with Crippen LogP contribution in [0.4, 0.5) is 5.69 Å². The molecular formula is C20H20N6O2. The summed E-state index contributed by atoms with van der Waals surface area (Å²) in [4.78, 5) is 17.7. The Morgan fingerprint density at radius 2 is 2.00 bits per heavy atom. The predicted octanol–water partition coefficient (Wildman–Crippen LogP) is 2.82. The van der Waals surface area contributed by atoms with Crippen LogP contribution in [0.3, 0.4) is 0 Å². The fourth-order valence-corrected chi connectivity index (χ4v) is 3.13. The molecule has 0 radical (unpaired) electrons. The number of fused-ring (bicyclic) bond motifs is 1. The van der Waals surface area contributed by atoms with Gasteiger partial charge in [0.15, 0.2) is 5.82 Å². The Bertz CT molecular complexity index is 1230. The number of aromatic nitrogens is 5. The number of benzene rings is 1. The van der Waals surface area contributed by atoms with Gasteiger partial charge in [-0.05, 0) is 49.6 Å². The van der Waals surface area contributed by atoms with Gasteiger partial charge in [-0.25, -0.2) is 4.98 Å². The Balaban J connectivity index is 1.86. The van der Waals surface area contributed by atoms with Gasteiger partial charge >= 0.3 is 0 Å². The lowest BCUT2D eigenvalue weighted by molar-refractivity contribution is 0.417. The Hall–Kier alpha value is -3.68. The highest BCUT2D eigenvalue weighted by atomic mass is 16.5. The van der Waals surface area contributed by atoms with E-state index in [1.165, 1.54) is 4.57 Å². The maximum Gasteiger partial charge on any atom is 0.264 e. The summed E-state index contributed by atoms with van der Waals surface area (Å²) in [5, 5.41) is 9.41. The van der Waals surface area contributed by atoms with Crippen molar-refractivity contribution in [1.29, 1.82) is 0 Å². The molecule has 0 amide bonds. The largest absolute Gasteiger partial charge is 0.495 e. The Morgan fingerprint density at radius 3 is 2.75 bits per heavy atom. The first-order valence-electron chi connectivity index (χ1n) is 8.86. The second-order valence-corrected chi connectivity index (χ2v) is 6.71. The monoisotopic (exact) mass is 376 g/mol. The molecule has 3 heterocycles. The molecule has 1 aromatic carbocycles. The highest BCUT2D eigenvalue weighted by Gasteiger charge is 2.14. The molecule has 0 fully saturated rings. The maximum atomic E-state index is 13.0. The van der Waals surface area contributed by atoms with Gasteiger partial charge in [0.05, 0.1) is 12.8 Å². The zero-order valence-electron chi connectivity index (χ0n) is 15.8. The average molecular weight is 376 g/mol. The van der Waals surface area contributed by atoms with Crippen molar-refractivity contribution in [2.75, 3.05) is 12.8 Å². The van der Waals surface area contributed by atoms with Gasteiger partial charge in [0, 0.05) is 17.6 Å². The third-order valence-corrected chi connectivity index (χ3v) is 4.59. The Morgan fingerprint density at radius 1 is 1.18 bits per heavy atom. The van der Waals surface area contributed by atoms with Crippen LogP contribution in [0.15, 0.2) is 53.7 Å². The minimum Gasteiger partial charge on any atom is -0.495 e. The molecule has 0 aliphatic rings. The van der Waals surface area contributed by atoms with E-state index in [0.29, 0.717) is 34.2 Å². The third-order valence-electron chi connectivity index (χ3n) is 4.59. The van der Waals surface area contributed by atoms with E-state index >= 15 is 0 Å². The maximum absolute atomic E-state index is 13.0. The van der Waals surface area contributed by atoms with Crippen molar-refractivity contribution in [2.45, 2.75) is 19.9 Å². The smallest absolute Gasteiger partial charge is 0.264 e. The number of hydrogen-bond donors (Lipinski definition) is 1. The van der Waals surface area contributed by atoms with Crippen LogP contribution >= 0.6 is 0 Å². The fourth-order valence-electron chi connectivity index (χ4n) is 3.13. The van der Waals surface area contributed by atoms with Crippen molar-refractivity contribution in [3.63, 3.8) is 0 Å². The summed E-state index contributed by atoms with van der Waals surface area (Å²) in [7, 11) is 1.55. The molecule has 0 aliphatic carbocycles. The van der Waals surface area contributed by atoms with E-state index in [-0.39, 0.29) is 11.6 Å². The van der Waals surface area contributed by atoms with Gasteiger partial charge in [-0.3, -0.25) is 9.36 Å². The minimum atomic E-state index is -0.207. The molecule has 3 aromatic heterocycles. The number of methoxy groups -OCH3 is 1. The molecule has 8 heteroatoms. The molecule has 4 aromatic rings. The lowest BCUT2D eigenvalue weighted by Gasteiger charge is -2.12. The molecule has 0 aliphatic heterocycles. The number of hydrogen-bond acceptors (Lipinski definition) is 6. The van der Waals surface area contributed by atoms with Gasteiger partial charge < -0.3 is 15.0 Å². The van der Waals surface area contributed by atoms with E-state index in [9.17, 15) is 4.79 Å². The highest BCUT2D eigenvalue weighted by Crippen LogP contribution is 2.26. The van der Waals surface area contributed by atoms with E-state index in [1.807, 2.05) is 36.6 Å². The minimum absolute atomic E-state index is 0.191. The van der Waals surface area contributed by atoms with Crippen LogP contribution in [0, 0.1) is 0 Å². The number of nitrogens with zero attached hydrogens (tertiary/aromatic N) is 5. The van der Waals surface area contributed by atoms with Crippen LogP contribution in [0.2, 0.25) is 0 Å². The molecule has 0 spiro atoms. The number of pyridine rings is 2. The molecule has 0 saturated carbocycles. The molecule has 0 unspecified atom stereocenters. The number of anilines is 1. The zero-order valence-corrected chi connectivity index (χ0v) is 15.8. The van der Waals surface area contributed by atoms with Crippen LogP contribution in [0.5, 0.6) is 5.75 Å². The van der Waals surface area contributed by atoms with Crippen molar-refractivity contribution < 1.29 is 4.74 Å². The predicted molar refractivity (Wildman–Crippen MR) is 108 cm³/mol. The quantitative estimate of drug-likeness (QED) is 0.550. The molecule has 0 bridgehead atoms. The summed E-state index contributed by atoms with van der Waals surface area (Å²) in [5.41, 5.74) is 6.83. The molecular weight excluding hydrogens is 356 g/mol. The molecule has 8 nitrogen and oxygen atoms in total. The molecule has 28 heavy (non-hydrogen) atoms. The second kappa shape index (κ2) is 6.80. The van der Waals surface area contributed by atoms with E-state index in [0.717, 1.165) is 5.39 Å². The van der Waals surface area contributed by atoms with E-state index in [2.05, 4.69) is 15.2 Å². The van der Waals surface area contributed by atoms with Gasteiger partial charge in [0.25, 0.3) is 5.56 Å². The Labute approximate surface area is 161 Å². The van der Waals surface area contributed by atoms with Crippen LogP contribution in [-0.4, -0.2) is 31.4 Å². The van der Waals surface area contributed by atoms with Crippen molar-refractivity contribution >= 4 is 16.5 Å². The standard InChI is InChI=1S/C20H20N6O2/c1-12(2)26-11-22-24-19(26)16-5-4-6-18(23-16)25-8-7-13-9-17(28-3)15(21)10-14(13)20(25)27/h4-12H,21H2,1-3H3. The molecule has 0 saturated heterocycles. The number of ether oxygens (including phenoxy) is 1. The second-order valence-electron chi connectivity index (χ2n) is 6.71. The molecule has 2 N–H and O–H groups in total. The highest BCUT2D eigenvalue weighted by molar-refractivity contribution is 5.87. The number of nitrogens with two attached hydrogens (primary N) is 1. The van der Waals surface area contributed by atoms with Crippen LogP contribution < -0.4 is 16.0 Å². The van der Waals surface area contributed by atoms with Gasteiger partial charge in [0.1, 0.15) is 23.6 Å². The van der Waals surface area contributed by atoms with Crippen LogP contribution in [0.1, 0.15) is 19.9 Å². The van der Waals surface area contributed by atoms with Crippen molar-refractivity contribution in [1.82, 2.24) is 24.3 Å². The van der Waals surface area contributed by atoms with Crippen LogP contribution in [-0.2, 0) is 0 Å². The lowest BCUT2D eigenvalue weighted by Crippen LogP contribution is -2.19. The number of rotatable bonds is 4. The topological polar surface area (TPSA) is 101 Å². The molecule has 0 atom stereocenters. The Kier molecular flexibility index (Phi) is 4.31. The van der Waals surface area contributed by atoms with Crippen molar-refractivity contribution in [2.24, 2.45) is 0 Å². The summed E-state index contributed by atoms with van der Waals surface area (Å²) in [6.07, 6.45) is 3.37. The van der Waals surface area contributed by atoms with E-state index in [4.69, 9.17) is 10.5 Å². The van der Waals surface area contributed by atoms with E-state index < -0.39 is 0 Å². The van der Waals surface area contributed by atoms with Gasteiger partial charge in [-0.2, -0.15) is 0 Å². The first kappa shape index (κ1) is 17.7. The normalized spacial score (nSPS) is 11.3. The number of nitrogen functional groups attached to an aromatic ring is 1. The summed E-state index contributed by atoms with van der Waals surface area (Å²) >= 11 is 0. The average Bonchev–Trinajstić information content (AvgIpc) is 3.19. The van der Waals surface area contributed by atoms with Crippen LogP contribution in [0.25, 0.3) is 28.1 Å². The van der Waals surface area contributed by atoms with E-state index in [1.54, 1.807) is 37.8 Å². The SMILES string of the molecule is COc1cc2ccn(-c3cccc(-c4nncn4C(C)C)n3)c(=O)c2cc1N. The van der Waals surface area contributed by atoms with Crippen molar-refractivity contribution in [3.05, 3.63) is 59.3 Å². The first-order chi connectivity index (χ1) is 13.5. The fraction of sp³-hybridized carbons (Fsp3) is 0.200. The summed E-state index contributed by atoms with van der Waals surface area (Å²) in [6, 6.07) is 10.9. The van der Waals surface area contributed by atoms with Crippen molar-refractivity contribution in [3.8, 4) is 23.1 Å². The molecule has 142 valence electrons. The molecule has 4 rings (SSSR count). The third kappa shape index (κ3) is 2.88. The van der Waals surface area contributed by atoms with Gasteiger partial charge in [-0.1, -0.05) is 6.07 Å². The van der Waals surface area contributed by atoms with Gasteiger partial charge in [-0.15, -0.1) is 10.2 Å². The lowest BCUT2D eigenvalue weighted by atomic mass is 10.1. The summed E-state index contributed by atoms with van der Waals surface area (Å²) in [6.45, 7) is 4.09.